The Bertz CT molecular complexity index is 933. The van der Waals surface area contributed by atoms with Gasteiger partial charge in [-0.15, -0.1) is 11.3 Å². The molecule has 1 aliphatic carbocycles. The standard InChI is InChI=1S/C23H29FN4OS/c1-16-13-17(5-6-19(16)24)23-25-20-7-8-26(14-21(20)30-23)15-22(29)28-11-9-27(10-12-28)18-3-2-4-18/h5-6,13,18H,2-4,7-12,14-15H2,1H3. The van der Waals surface area contributed by atoms with Gasteiger partial charge in [-0.25, -0.2) is 9.37 Å². The van der Waals surface area contributed by atoms with Crippen molar-refractivity contribution in [1.29, 1.82) is 0 Å². The fraction of sp³-hybridized carbons (Fsp3) is 0.565. The SMILES string of the molecule is Cc1cc(-c2nc3c(s2)CN(CC(=O)N2CCN(C4CCC4)CC2)CC3)ccc1F. The molecule has 3 heterocycles. The summed E-state index contributed by atoms with van der Waals surface area (Å²) in [6.07, 6.45) is 4.90. The van der Waals surface area contributed by atoms with Gasteiger partial charge in [-0.3, -0.25) is 14.6 Å². The second-order valence-electron chi connectivity index (χ2n) is 8.81. The first-order valence-corrected chi connectivity index (χ1v) is 11.9. The number of nitrogens with zero attached hydrogens (tertiary/aromatic N) is 4. The summed E-state index contributed by atoms with van der Waals surface area (Å²) in [7, 11) is 0. The molecule has 0 N–H and O–H groups in total. The van der Waals surface area contributed by atoms with E-state index in [0.717, 1.165) is 68.0 Å². The van der Waals surface area contributed by atoms with E-state index < -0.39 is 0 Å². The number of fused-ring (bicyclic) bond motifs is 1. The Morgan fingerprint density at radius 3 is 2.70 bits per heavy atom. The van der Waals surface area contributed by atoms with E-state index in [1.54, 1.807) is 24.3 Å². The Hall–Kier alpha value is -1.83. The number of carbonyl (C=O) groups is 1. The van der Waals surface area contributed by atoms with Gasteiger partial charge >= 0.3 is 0 Å². The molecule has 0 unspecified atom stereocenters. The molecule has 1 amide bonds. The van der Waals surface area contributed by atoms with Crippen molar-refractivity contribution in [2.75, 3.05) is 39.3 Å². The summed E-state index contributed by atoms with van der Waals surface area (Å²) in [5.74, 6) is 0.0730. The van der Waals surface area contributed by atoms with Gasteiger partial charge in [0.2, 0.25) is 5.91 Å². The van der Waals surface area contributed by atoms with Gasteiger partial charge in [0.1, 0.15) is 10.8 Å². The molecule has 0 radical (unpaired) electrons. The molecule has 1 aromatic carbocycles. The van der Waals surface area contributed by atoms with Crippen LogP contribution in [0.4, 0.5) is 4.39 Å². The Labute approximate surface area is 181 Å². The predicted molar refractivity (Wildman–Crippen MR) is 117 cm³/mol. The van der Waals surface area contributed by atoms with E-state index in [1.165, 1.54) is 30.2 Å². The first kappa shape index (κ1) is 20.1. The third-order valence-corrected chi connectivity index (χ3v) is 7.96. The van der Waals surface area contributed by atoms with Crippen molar-refractivity contribution in [2.45, 2.75) is 45.2 Å². The first-order chi connectivity index (χ1) is 14.6. The normalized spacial score (nSPS) is 20.8. The number of hydrogen-bond acceptors (Lipinski definition) is 5. The van der Waals surface area contributed by atoms with Gasteiger partial charge in [0.15, 0.2) is 0 Å². The molecule has 1 aromatic heterocycles. The second-order valence-corrected chi connectivity index (χ2v) is 9.90. The smallest absolute Gasteiger partial charge is 0.236 e. The molecule has 5 rings (SSSR count). The maximum absolute atomic E-state index is 13.6. The Morgan fingerprint density at radius 1 is 1.20 bits per heavy atom. The fourth-order valence-corrected chi connectivity index (χ4v) is 5.81. The molecular weight excluding hydrogens is 399 g/mol. The van der Waals surface area contributed by atoms with Crippen LogP contribution in [-0.4, -0.2) is 70.9 Å². The molecular formula is C23H29FN4OS. The van der Waals surface area contributed by atoms with Gasteiger partial charge in [-0.1, -0.05) is 6.42 Å². The van der Waals surface area contributed by atoms with Crippen LogP contribution < -0.4 is 0 Å². The summed E-state index contributed by atoms with van der Waals surface area (Å²) in [6.45, 7) is 7.70. The Balaban J connectivity index is 1.18. The summed E-state index contributed by atoms with van der Waals surface area (Å²) in [6, 6.07) is 5.95. The number of rotatable bonds is 4. The fourth-order valence-electron chi connectivity index (χ4n) is 4.66. The lowest BCUT2D eigenvalue weighted by molar-refractivity contribution is -0.135. The van der Waals surface area contributed by atoms with Crippen molar-refractivity contribution in [3.8, 4) is 10.6 Å². The third kappa shape index (κ3) is 4.03. The highest BCUT2D eigenvalue weighted by atomic mass is 32.1. The molecule has 0 spiro atoms. The van der Waals surface area contributed by atoms with E-state index in [0.29, 0.717) is 12.1 Å². The highest BCUT2D eigenvalue weighted by molar-refractivity contribution is 7.15. The lowest BCUT2D eigenvalue weighted by Crippen LogP contribution is -2.55. The summed E-state index contributed by atoms with van der Waals surface area (Å²) in [4.78, 5) is 25.8. The summed E-state index contributed by atoms with van der Waals surface area (Å²) in [5, 5.41) is 0.948. The number of benzene rings is 1. The number of piperazine rings is 1. The molecule has 5 nitrogen and oxygen atoms in total. The zero-order valence-corrected chi connectivity index (χ0v) is 18.4. The number of aryl methyl sites for hydroxylation is 1. The maximum atomic E-state index is 13.6. The molecule has 1 saturated carbocycles. The minimum absolute atomic E-state index is 0.182. The van der Waals surface area contributed by atoms with Crippen LogP contribution in [0, 0.1) is 12.7 Å². The number of aromatic nitrogens is 1. The molecule has 30 heavy (non-hydrogen) atoms. The van der Waals surface area contributed by atoms with Crippen LogP contribution >= 0.6 is 11.3 Å². The number of halogens is 1. The number of thiazole rings is 1. The van der Waals surface area contributed by atoms with Gasteiger partial charge in [0, 0.05) is 62.2 Å². The predicted octanol–water partition coefficient (Wildman–Crippen LogP) is 3.31. The van der Waals surface area contributed by atoms with Crippen LogP contribution in [-0.2, 0) is 17.8 Å². The highest BCUT2D eigenvalue weighted by Gasteiger charge is 2.30. The average Bonchev–Trinajstić information content (AvgIpc) is 3.13. The van der Waals surface area contributed by atoms with Gasteiger partial charge in [-0.05, 0) is 43.5 Å². The molecule has 2 aliphatic heterocycles. The van der Waals surface area contributed by atoms with Gasteiger partial charge in [0.05, 0.1) is 12.2 Å². The molecule has 2 fully saturated rings. The van der Waals surface area contributed by atoms with E-state index in [9.17, 15) is 9.18 Å². The molecule has 7 heteroatoms. The quantitative estimate of drug-likeness (QED) is 0.749. The number of amides is 1. The van der Waals surface area contributed by atoms with E-state index >= 15 is 0 Å². The van der Waals surface area contributed by atoms with E-state index in [4.69, 9.17) is 4.98 Å². The van der Waals surface area contributed by atoms with Crippen LogP contribution in [0.15, 0.2) is 18.2 Å². The molecule has 160 valence electrons. The van der Waals surface area contributed by atoms with Crippen LogP contribution in [0.25, 0.3) is 10.6 Å². The van der Waals surface area contributed by atoms with E-state index in [-0.39, 0.29) is 11.7 Å². The summed E-state index contributed by atoms with van der Waals surface area (Å²) < 4.78 is 13.6. The van der Waals surface area contributed by atoms with E-state index in [1.807, 2.05) is 11.0 Å². The lowest BCUT2D eigenvalue weighted by Gasteiger charge is -2.43. The molecule has 0 atom stereocenters. The maximum Gasteiger partial charge on any atom is 0.236 e. The average molecular weight is 429 g/mol. The van der Waals surface area contributed by atoms with Crippen molar-refractivity contribution in [1.82, 2.24) is 19.7 Å². The van der Waals surface area contributed by atoms with Gasteiger partial charge < -0.3 is 4.90 Å². The minimum atomic E-state index is -0.182. The molecule has 0 bridgehead atoms. The molecule has 1 saturated heterocycles. The topological polar surface area (TPSA) is 39.7 Å². The van der Waals surface area contributed by atoms with Crippen molar-refractivity contribution >= 4 is 17.2 Å². The summed E-state index contributed by atoms with van der Waals surface area (Å²) in [5.41, 5.74) is 2.75. The number of hydrogen-bond donors (Lipinski definition) is 0. The number of carbonyl (C=O) groups excluding carboxylic acids is 1. The second kappa shape index (κ2) is 8.36. The Kier molecular flexibility index (Phi) is 5.60. The van der Waals surface area contributed by atoms with E-state index in [2.05, 4.69) is 9.80 Å². The molecule has 2 aromatic rings. The zero-order chi connectivity index (χ0) is 20.7. The van der Waals surface area contributed by atoms with Crippen LogP contribution in [0.1, 0.15) is 35.4 Å². The van der Waals surface area contributed by atoms with Crippen molar-refractivity contribution in [3.63, 3.8) is 0 Å². The zero-order valence-electron chi connectivity index (χ0n) is 17.6. The van der Waals surface area contributed by atoms with Crippen LogP contribution in [0.5, 0.6) is 0 Å². The van der Waals surface area contributed by atoms with Crippen LogP contribution in [0.3, 0.4) is 0 Å². The monoisotopic (exact) mass is 428 g/mol. The van der Waals surface area contributed by atoms with Crippen molar-refractivity contribution < 1.29 is 9.18 Å². The Morgan fingerprint density at radius 2 is 2.00 bits per heavy atom. The van der Waals surface area contributed by atoms with Gasteiger partial charge in [0.25, 0.3) is 0 Å². The largest absolute Gasteiger partial charge is 0.339 e. The first-order valence-electron chi connectivity index (χ1n) is 11.1. The minimum Gasteiger partial charge on any atom is -0.339 e. The molecule has 3 aliphatic rings. The summed E-state index contributed by atoms with van der Waals surface area (Å²) >= 11 is 1.68. The van der Waals surface area contributed by atoms with Gasteiger partial charge in [-0.2, -0.15) is 0 Å². The third-order valence-electron chi connectivity index (χ3n) is 6.83. The highest BCUT2D eigenvalue weighted by Crippen LogP contribution is 2.32. The lowest BCUT2D eigenvalue weighted by atomic mass is 9.91. The van der Waals surface area contributed by atoms with Crippen molar-refractivity contribution in [3.05, 3.63) is 40.2 Å². The van der Waals surface area contributed by atoms with Crippen molar-refractivity contribution in [2.24, 2.45) is 0 Å². The van der Waals surface area contributed by atoms with Crippen LogP contribution in [0.2, 0.25) is 0 Å².